The largest absolute Gasteiger partial charge is 0.325 e. The monoisotopic (exact) mass is 205 g/mol. The zero-order valence-corrected chi connectivity index (χ0v) is 10.1. The molecule has 15 heavy (non-hydrogen) atoms. The Morgan fingerprint density at radius 2 is 1.80 bits per heavy atom. The highest BCUT2D eigenvalue weighted by molar-refractivity contribution is 6.05. The first-order chi connectivity index (χ1) is 7.01. The van der Waals surface area contributed by atoms with Gasteiger partial charge in [-0.1, -0.05) is 26.0 Å². The van der Waals surface area contributed by atoms with Crippen LogP contribution in [0.4, 0.5) is 5.69 Å². The lowest BCUT2D eigenvalue weighted by Gasteiger charge is -2.14. The van der Waals surface area contributed by atoms with Crippen LogP contribution in [-0.2, 0) is 10.2 Å². The SMILES string of the molecule is CC.Cc1ccc2c(c1)NC(=O)C2(C)C. The second-order valence-electron chi connectivity index (χ2n) is 4.13. The van der Waals surface area contributed by atoms with Crippen molar-refractivity contribution in [3.8, 4) is 0 Å². The van der Waals surface area contributed by atoms with E-state index in [2.05, 4.69) is 5.32 Å². The molecule has 1 amide bonds. The van der Waals surface area contributed by atoms with Crippen molar-refractivity contribution in [3.63, 3.8) is 0 Å². The van der Waals surface area contributed by atoms with Crippen LogP contribution in [0.5, 0.6) is 0 Å². The van der Waals surface area contributed by atoms with Crippen LogP contribution < -0.4 is 5.32 Å². The third-order valence-corrected chi connectivity index (χ3v) is 2.66. The topological polar surface area (TPSA) is 29.1 Å². The Bertz CT molecular complexity index is 380. The molecular weight excluding hydrogens is 186 g/mol. The first-order valence-electron chi connectivity index (χ1n) is 5.44. The zero-order chi connectivity index (χ0) is 11.6. The van der Waals surface area contributed by atoms with Gasteiger partial charge in [0.1, 0.15) is 0 Å². The van der Waals surface area contributed by atoms with Gasteiger partial charge in [-0.2, -0.15) is 0 Å². The number of hydrogen-bond donors (Lipinski definition) is 1. The standard InChI is InChI=1S/C11H13NO.C2H6/c1-7-4-5-8-9(6-7)12-10(13)11(8,2)3;1-2/h4-6H,1-3H3,(H,12,13);1-2H3. The summed E-state index contributed by atoms with van der Waals surface area (Å²) in [7, 11) is 0. The van der Waals surface area contributed by atoms with E-state index < -0.39 is 0 Å². The molecular formula is C13H19NO. The molecule has 1 aromatic rings. The molecule has 1 N–H and O–H groups in total. The summed E-state index contributed by atoms with van der Waals surface area (Å²) < 4.78 is 0. The van der Waals surface area contributed by atoms with E-state index in [4.69, 9.17) is 0 Å². The summed E-state index contributed by atoms with van der Waals surface area (Å²) >= 11 is 0. The molecule has 0 unspecified atom stereocenters. The number of amides is 1. The van der Waals surface area contributed by atoms with Crippen molar-refractivity contribution in [2.45, 2.75) is 40.0 Å². The molecule has 0 saturated heterocycles. The highest BCUT2D eigenvalue weighted by atomic mass is 16.2. The Hall–Kier alpha value is -1.31. The second kappa shape index (κ2) is 4.05. The van der Waals surface area contributed by atoms with E-state index >= 15 is 0 Å². The first-order valence-corrected chi connectivity index (χ1v) is 5.44. The molecule has 0 fully saturated rings. The highest BCUT2D eigenvalue weighted by Gasteiger charge is 2.37. The summed E-state index contributed by atoms with van der Waals surface area (Å²) in [4.78, 5) is 11.6. The van der Waals surface area contributed by atoms with E-state index in [1.807, 2.05) is 52.8 Å². The lowest BCUT2D eigenvalue weighted by Crippen LogP contribution is -2.26. The minimum atomic E-state index is -0.372. The average Bonchev–Trinajstić information content (AvgIpc) is 2.41. The molecule has 1 aliphatic heterocycles. The van der Waals surface area contributed by atoms with Crippen LogP contribution in [0.1, 0.15) is 38.8 Å². The Balaban J connectivity index is 0.000000531. The second-order valence-corrected chi connectivity index (χ2v) is 4.13. The number of carbonyl (C=O) groups excluding carboxylic acids is 1. The third kappa shape index (κ3) is 1.89. The smallest absolute Gasteiger partial charge is 0.234 e. The highest BCUT2D eigenvalue weighted by Crippen LogP contribution is 2.37. The predicted octanol–water partition coefficient (Wildman–Crippen LogP) is 3.25. The Kier molecular flexibility index (Phi) is 3.18. The zero-order valence-electron chi connectivity index (χ0n) is 10.1. The number of nitrogens with one attached hydrogen (secondary N) is 1. The fourth-order valence-electron chi connectivity index (χ4n) is 1.71. The molecule has 0 radical (unpaired) electrons. The summed E-state index contributed by atoms with van der Waals surface area (Å²) in [6, 6.07) is 6.09. The van der Waals surface area contributed by atoms with Crippen LogP contribution in [0, 0.1) is 6.92 Å². The van der Waals surface area contributed by atoms with Gasteiger partial charge in [-0.25, -0.2) is 0 Å². The summed E-state index contributed by atoms with van der Waals surface area (Å²) in [5.74, 6) is 0.0908. The number of aryl methyl sites for hydroxylation is 1. The van der Waals surface area contributed by atoms with Gasteiger partial charge in [-0.3, -0.25) is 4.79 Å². The van der Waals surface area contributed by atoms with Gasteiger partial charge in [-0.05, 0) is 38.0 Å². The fraction of sp³-hybridized carbons (Fsp3) is 0.462. The van der Waals surface area contributed by atoms with Crippen molar-refractivity contribution in [2.24, 2.45) is 0 Å². The van der Waals surface area contributed by atoms with E-state index in [0.717, 1.165) is 11.3 Å². The van der Waals surface area contributed by atoms with Gasteiger partial charge in [0, 0.05) is 5.69 Å². The molecule has 0 bridgehead atoms. The van der Waals surface area contributed by atoms with E-state index in [0.29, 0.717) is 0 Å². The Morgan fingerprint density at radius 1 is 1.20 bits per heavy atom. The fourth-order valence-corrected chi connectivity index (χ4v) is 1.71. The minimum Gasteiger partial charge on any atom is -0.325 e. The van der Waals surface area contributed by atoms with Crippen molar-refractivity contribution < 1.29 is 4.79 Å². The lowest BCUT2D eigenvalue weighted by molar-refractivity contribution is -0.119. The molecule has 0 aliphatic carbocycles. The average molecular weight is 205 g/mol. The molecule has 0 saturated carbocycles. The third-order valence-electron chi connectivity index (χ3n) is 2.66. The van der Waals surface area contributed by atoms with Crippen molar-refractivity contribution >= 4 is 11.6 Å². The van der Waals surface area contributed by atoms with Gasteiger partial charge in [0.2, 0.25) is 5.91 Å². The van der Waals surface area contributed by atoms with Crippen LogP contribution in [0.3, 0.4) is 0 Å². The molecule has 82 valence electrons. The number of benzene rings is 1. The molecule has 0 aromatic heterocycles. The number of anilines is 1. The van der Waals surface area contributed by atoms with Gasteiger partial charge >= 0.3 is 0 Å². The molecule has 1 aromatic carbocycles. The summed E-state index contributed by atoms with van der Waals surface area (Å²) in [5, 5.41) is 2.89. The normalized spacial score (nSPS) is 16.2. The van der Waals surface area contributed by atoms with Crippen molar-refractivity contribution in [1.82, 2.24) is 0 Å². The van der Waals surface area contributed by atoms with Gasteiger partial charge in [0.25, 0.3) is 0 Å². The van der Waals surface area contributed by atoms with Crippen LogP contribution in [0.15, 0.2) is 18.2 Å². The van der Waals surface area contributed by atoms with Crippen LogP contribution in [-0.4, -0.2) is 5.91 Å². The maximum atomic E-state index is 11.6. The first kappa shape index (κ1) is 11.8. The van der Waals surface area contributed by atoms with E-state index in [1.54, 1.807) is 0 Å². The van der Waals surface area contributed by atoms with E-state index in [9.17, 15) is 4.79 Å². The molecule has 1 heterocycles. The molecule has 2 heteroatoms. The molecule has 0 spiro atoms. The van der Waals surface area contributed by atoms with Crippen molar-refractivity contribution in [1.29, 1.82) is 0 Å². The van der Waals surface area contributed by atoms with E-state index in [-0.39, 0.29) is 11.3 Å². The van der Waals surface area contributed by atoms with Gasteiger partial charge in [-0.15, -0.1) is 0 Å². The number of carbonyl (C=O) groups is 1. The van der Waals surface area contributed by atoms with Crippen molar-refractivity contribution in [3.05, 3.63) is 29.3 Å². The maximum Gasteiger partial charge on any atom is 0.234 e. The van der Waals surface area contributed by atoms with Crippen LogP contribution in [0.2, 0.25) is 0 Å². The van der Waals surface area contributed by atoms with Gasteiger partial charge in [0.05, 0.1) is 5.41 Å². The van der Waals surface area contributed by atoms with Gasteiger partial charge < -0.3 is 5.32 Å². The maximum absolute atomic E-state index is 11.6. The predicted molar refractivity (Wildman–Crippen MR) is 64.2 cm³/mol. The summed E-state index contributed by atoms with van der Waals surface area (Å²) in [6.45, 7) is 9.92. The molecule has 0 atom stereocenters. The van der Waals surface area contributed by atoms with Crippen molar-refractivity contribution in [2.75, 3.05) is 5.32 Å². The molecule has 1 aliphatic rings. The van der Waals surface area contributed by atoms with Crippen LogP contribution in [0.25, 0.3) is 0 Å². The molecule has 2 nitrogen and oxygen atoms in total. The number of rotatable bonds is 0. The summed E-state index contributed by atoms with van der Waals surface area (Å²) in [6.07, 6.45) is 0. The minimum absolute atomic E-state index is 0.0908. The van der Waals surface area contributed by atoms with Crippen LogP contribution >= 0.6 is 0 Å². The van der Waals surface area contributed by atoms with E-state index in [1.165, 1.54) is 5.56 Å². The lowest BCUT2D eigenvalue weighted by atomic mass is 9.86. The Labute approximate surface area is 91.7 Å². The number of fused-ring (bicyclic) bond motifs is 1. The summed E-state index contributed by atoms with van der Waals surface area (Å²) in [5.41, 5.74) is 2.87. The van der Waals surface area contributed by atoms with Gasteiger partial charge in [0.15, 0.2) is 0 Å². The quantitative estimate of drug-likeness (QED) is 0.692. The number of hydrogen-bond acceptors (Lipinski definition) is 1. The molecule has 2 rings (SSSR count). The Morgan fingerprint density at radius 3 is 2.40 bits per heavy atom.